The summed E-state index contributed by atoms with van der Waals surface area (Å²) in [6.07, 6.45) is 2.21. The normalized spacial score (nSPS) is 20.5. The largest absolute Gasteiger partial charge is 0.337 e. The molecule has 0 radical (unpaired) electrons. The summed E-state index contributed by atoms with van der Waals surface area (Å²) < 4.78 is 13.3. The Morgan fingerprint density at radius 3 is 2.47 bits per heavy atom. The number of fused-ring (bicyclic) bond motifs is 1. The van der Waals surface area contributed by atoms with Gasteiger partial charge in [-0.15, -0.1) is 0 Å². The molecule has 2 aliphatic heterocycles. The molecular formula is C27H34FN5O3. The fraction of sp³-hybridized carbons (Fsp3) is 0.444. The van der Waals surface area contributed by atoms with Crippen molar-refractivity contribution in [2.75, 3.05) is 26.7 Å². The van der Waals surface area contributed by atoms with Crippen molar-refractivity contribution in [2.45, 2.75) is 51.4 Å². The molecule has 0 saturated carbocycles. The van der Waals surface area contributed by atoms with Gasteiger partial charge in [-0.2, -0.15) is 0 Å². The van der Waals surface area contributed by atoms with E-state index in [2.05, 4.69) is 5.32 Å². The lowest BCUT2D eigenvalue weighted by Crippen LogP contribution is -2.76. The number of urea groups is 1. The summed E-state index contributed by atoms with van der Waals surface area (Å²) in [6.45, 7) is 3.08. The molecule has 0 aliphatic carbocycles. The van der Waals surface area contributed by atoms with Gasteiger partial charge in [0.25, 0.3) is 0 Å². The number of carbonyl (C=O) groups is 3. The lowest BCUT2D eigenvalue weighted by molar-refractivity contribution is -0.187. The Balaban J connectivity index is 1.55. The van der Waals surface area contributed by atoms with Crippen LogP contribution in [0.1, 0.15) is 37.3 Å². The first-order chi connectivity index (χ1) is 17.4. The molecule has 0 aromatic heterocycles. The summed E-state index contributed by atoms with van der Waals surface area (Å²) in [7, 11) is 1.72. The van der Waals surface area contributed by atoms with Crippen molar-refractivity contribution in [3.8, 4) is 0 Å². The Morgan fingerprint density at radius 1 is 1.06 bits per heavy atom. The minimum atomic E-state index is -0.609. The Labute approximate surface area is 211 Å². The molecule has 2 saturated heterocycles. The predicted octanol–water partition coefficient (Wildman–Crippen LogP) is 3.00. The third-order valence-corrected chi connectivity index (χ3v) is 6.85. The number of unbranched alkanes of at least 4 members (excludes halogenated alkanes) is 1. The van der Waals surface area contributed by atoms with Gasteiger partial charge in [0.05, 0.1) is 13.1 Å². The molecule has 2 fully saturated rings. The summed E-state index contributed by atoms with van der Waals surface area (Å²) in [5.74, 6) is -0.546. The quantitative estimate of drug-likeness (QED) is 0.611. The Kier molecular flexibility index (Phi) is 8.20. The molecular weight excluding hydrogens is 461 g/mol. The highest BCUT2D eigenvalue weighted by Crippen LogP contribution is 2.28. The van der Waals surface area contributed by atoms with Crippen LogP contribution in [-0.2, 0) is 22.6 Å². The van der Waals surface area contributed by atoms with Gasteiger partial charge in [-0.3, -0.25) is 9.59 Å². The highest BCUT2D eigenvalue weighted by Gasteiger charge is 2.50. The maximum Gasteiger partial charge on any atom is 0.334 e. The first-order valence-corrected chi connectivity index (χ1v) is 12.6. The predicted molar refractivity (Wildman–Crippen MR) is 134 cm³/mol. The first-order valence-electron chi connectivity index (χ1n) is 12.6. The molecule has 1 unspecified atom stereocenters. The van der Waals surface area contributed by atoms with Crippen LogP contribution in [-0.4, -0.2) is 76.6 Å². The summed E-state index contributed by atoms with van der Waals surface area (Å²) in [6, 6.07) is 15.0. The lowest BCUT2D eigenvalue weighted by Gasteiger charge is -2.54. The summed E-state index contributed by atoms with van der Waals surface area (Å²) in [4.78, 5) is 43.4. The number of nitrogens with zero attached hydrogens (tertiary/aromatic N) is 4. The van der Waals surface area contributed by atoms with Crippen molar-refractivity contribution >= 4 is 17.8 Å². The molecule has 36 heavy (non-hydrogen) atoms. The zero-order valence-electron chi connectivity index (χ0n) is 20.9. The molecule has 2 heterocycles. The smallest absolute Gasteiger partial charge is 0.334 e. The average molecular weight is 496 g/mol. The summed E-state index contributed by atoms with van der Waals surface area (Å²) in [5.41, 5.74) is 1.89. The van der Waals surface area contributed by atoms with Gasteiger partial charge in [0.1, 0.15) is 18.0 Å². The monoisotopic (exact) mass is 495 g/mol. The molecule has 2 atom stereocenters. The summed E-state index contributed by atoms with van der Waals surface area (Å²) >= 11 is 0. The minimum Gasteiger partial charge on any atom is -0.337 e. The second kappa shape index (κ2) is 11.5. The van der Waals surface area contributed by atoms with E-state index in [1.54, 1.807) is 39.0 Å². The number of hydrogen-bond acceptors (Lipinski definition) is 4. The van der Waals surface area contributed by atoms with Crippen LogP contribution in [0.4, 0.5) is 9.18 Å². The minimum absolute atomic E-state index is 0.0285. The standard InChI is InChI=1S/C27H34FN5O3/c1-3-4-10-23-26(35)31(16-15-20-11-13-22(28)14-12-20)18-24-32(23)25(34)19-30(2)33(24)27(36)29-17-21-8-6-5-7-9-21/h5-9,11-14,23-24H,3-4,10,15-19H2,1-2H3,(H,29,36)/t23-,24?/m0/s1. The third kappa shape index (κ3) is 5.67. The van der Waals surface area contributed by atoms with Gasteiger partial charge in [-0.25, -0.2) is 19.2 Å². The van der Waals surface area contributed by atoms with Crippen LogP contribution in [0.5, 0.6) is 0 Å². The fourth-order valence-electron chi connectivity index (χ4n) is 4.95. The molecule has 2 aromatic carbocycles. The first kappa shape index (κ1) is 25.6. The van der Waals surface area contributed by atoms with Crippen LogP contribution in [0.3, 0.4) is 0 Å². The molecule has 2 aliphatic rings. The van der Waals surface area contributed by atoms with Gasteiger partial charge in [0.15, 0.2) is 0 Å². The van der Waals surface area contributed by atoms with E-state index in [1.165, 1.54) is 12.1 Å². The van der Waals surface area contributed by atoms with Crippen molar-refractivity contribution < 1.29 is 18.8 Å². The van der Waals surface area contributed by atoms with Crippen LogP contribution in [0.15, 0.2) is 54.6 Å². The second-order valence-electron chi connectivity index (χ2n) is 9.41. The molecule has 1 N–H and O–H groups in total. The number of halogens is 1. The van der Waals surface area contributed by atoms with Gasteiger partial charge >= 0.3 is 6.03 Å². The Hall–Kier alpha value is -3.46. The SMILES string of the molecule is CCCC[C@H]1C(=O)N(CCc2ccc(F)cc2)CC2N1C(=O)CN(C)N2C(=O)NCc1ccccc1. The number of amides is 4. The maximum absolute atomic E-state index is 13.5. The zero-order valence-corrected chi connectivity index (χ0v) is 20.9. The number of likely N-dealkylation sites (N-methyl/N-ethyl adjacent to an activating group) is 1. The van der Waals surface area contributed by atoms with Gasteiger partial charge in [-0.05, 0) is 36.1 Å². The highest BCUT2D eigenvalue weighted by atomic mass is 19.1. The van der Waals surface area contributed by atoms with Crippen molar-refractivity contribution in [3.63, 3.8) is 0 Å². The van der Waals surface area contributed by atoms with E-state index in [0.29, 0.717) is 25.9 Å². The van der Waals surface area contributed by atoms with Crippen molar-refractivity contribution in [1.82, 2.24) is 25.1 Å². The molecule has 0 bridgehead atoms. The van der Waals surface area contributed by atoms with Gasteiger partial charge < -0.3 is 15.1 Å². The van der Waals surface area contributed by atoms with E-state index in [9.17, 15) is 18.8 Å². The number of carbonyl (C=O) groups excluding carboxylic acids is 3. The van der Waals surface area contributed by atoms with Gasteiger partial charge in [0, 0.05) is 20.1 Å². The van der Waals surface area contributed by atoms with Gasteiger partial charge in [0.2, 0.25) is 11.8 Å². The molecule has 4 rings (SSSR count). The number of rotatable bonds is 8. The van der Waals surface area contributed by atoms with Crippen LogP contribution >= 0.6 is 0 Å². The van der Waals surface area contributed by atoms with E-state index < -0.39 is 12.2 Å². The maximum atomic E-state index is 13.5. The lowest BCUT2D eigenvalue weighted by atomic mass is 10.0. The molecule has 2 aromatic rings. The van der Waals surface area contributed by atoms with Crippen molar-refractivity contribution in [1.29, 1.82) is 0 Å². The molecule has 192 valence electrons. The third-order valence-electron chi connectivity index (χ3n) is 6.85. The van der Waals surface area contributed by atoms with E-state index >= 15 is 0 Å². The van der Waals surface area contributed by atoms with E-state index in [4.69, 9.17) is 0 Å². The fourth-order valence-corrected chi connectivity index (χ4v) is 4.95. The highest BCUT2D eigenvalue weighted by molar-refractivity contribution is 5.91. The number of piperazine rings is 1. The van der Waals surface area contributed by atoms with Crippen LogP contribution in [0.25, 0.3) is 0 Å². The van der Waals surface area contributed by atoms with Crippen molar-refractivity contribution in [3.05, 3.63) is 71.5 Å². The zero-order chi connectivity index (χ0) is 25.7. The summed E-state index contributed by atoms with van der Waals surface area (Å²) in [5, 5.41) is 6.17. The average Bonchev–Trinajstić information content (AvgIpc) is 2.87. The topological polar surface area (TPSA) is 76.2 Å². The van der Waals surface area contributed by atoms with E-state index in [-0.39, 0.29) is 36.8 Å². The molecule has 4 amide bonds. The Bertz CT molecular complexity index is 1060. The van der Waals surface area contributed by atoms with E-state index in [0.717, 1.165) is 24.0 Å². The molecule has 8 nitrogen and oxygen atoms in total. The molecule has 0 spiro atoms. The van der Waals surface area contributed by atoms with Crippen LogP contribution in [0.2, 0.25) is 0 Å². The van der Waals surface area contributed by atoms with E-state index in [1.807, 2.05) is 37.3 Å². The number of nitrogens with one attached hydrogen (secondary N) is 1. The van der Waals surface area contributed by atoms with Crippen molar-refractivity contribution in [2.24, 2.45) is 0 Å². The second-order valence-corrected chi connectivity index (χ2v) is 9.41. The number of hydrazine groups is 1. The number of benzene rings is 2. The Morgan fingerprint density at radius 2 is 1.78 bits per heavy atom. The number of hydrogen-bond donors (Lipinski definition) is 1. The van der Waals surface area contributed by atoms with Crippen LogP contribution < -0.4 is 5.32 Å². The van der Waals surface area contributed by atoms with Gasteiger partial charge in [-0.1, -0.05) is 62.2 Å². The molecule has 9 heteroatoms. The van der Waals surface area contributed by atoms with Crippen LogP contribution in [0, 0.1) is 5.82 Å².